The largest absolute Gasteiger partial charge is 0.346 e. The first-order chi connectivity index (χ1) is 11.3. The van der Waals surface area contributed by atoms with Crippen molar-refractivity contribution in [2.45, 2.75) is 6.54 Å². The van der Waals surface area contributed by atoms with Crippen LogP contribution in [0.1, 0.15) is 5.56 Å². The van der Waals surface area contributed by atoms with Gasteiger partial charge < -0.3 is 4.90 Å². The van der Waals surface area contributed by atoms with Gasteiger partial charge in [0.15, 0.2) is 5.13 Å². The summed E-state index contributed by atoms with van der Waals surface area (Å²) in [6, 6.07) is 12.7. The van der Waals surface area contributed by atoms with E-state index in [0.717, 1.165) is 42.9 Å². The van der Waals surface area contributed by atoms with E-state index in [4.69, 9.17) is 11.6 Å². The first-order valence-corrected chi connectivity index (χ1v) is 9.09. The zero-order valence-corrected chi connectivity index (χ0v) is 14.4. The molecule has 3 aromatic rings. The third kappa shape index (κ3) is 3.34. The fourth-order valence-corrected chi connectivity index (χ4v) is 3.97. The Kier molecular flexibility index (Phi) is 4.21. The number of anilines is 1. The zero-order chi connectivity index (χ0) is 15.6. The van der Waals surface area contributed by atoms with Crippen LogP contribution in [0.2, 0.25) is 5.02 Å². The maximum Gasteiger partial charge on any atom is 0.185 e. The highest BCUT2D eigenvalue weighted by molar-refractivity contribution is 7.13. The standard InChI is InChI=1S/C18H18ClN3S/c19-17-4-3-15-11-14(1-2-16(15)12-17)13-21-6-8-22(9-7-21)18-20-5-10-23-18/h1-5,10-12H,6-9,13H2. The summed E-state index contributed by atoms with van der Waals surface area (Å²) in [6.45, 7) is 5.27. The van der Waals surface area contributed by atoms with E-state index in [2.05, 4.69) is 39.0 Å². The van der Waals surface area contributed by atoms with E-state index in [1.807, 2.05) is 23.7 Å². The molecule has 0 N–H and O–H groups in total. The highest BCUT2D eigenvalue weighted by Gasteiger charge is 2.18. The maximum absolute atomic E-state index is 6.05. The molecule has 1 aromatic heterocycles. The average Bonchev–Trinajstić information content (AvgIpc) is 3.10. The fourth-order valence-electron chi connectivity index (χ4n) is 3.09. The summed E-state index contributed by atoms with van der Waals surface area (Å²) in [4.78, 5) is 9.30. The molecule has 0 amide bonds. The Morgan fingerprint density at radius 3 is 2.57 bits per heavy atom. The van der Waals surface area contributed by atoms with E-state index in [9.17, 15) is 0 Å². The minimum absolute atomic E-state index is 0.795. The van der Waals surface area contributed by atoms with Crippen LogP contribution in [-0.2, 0) is 6.54 Å². The maximum atomic E-state index is 6.05. The van der Waals surface area contributed by atoms with Gasteiger partial charge in [-0.05, 0) is 34.5 Å². The predicted octanol–water partition coefficient (Wildman–Crippen LogP) is 4.27. The van der Waals surface area contributed by atoms with Crippen molar-refractivity contribution in [3.8, 4) is 0 Å². The lowest BCUT2D eigenvalue weighted by atomic mass is 10.1. The van der Waals surface area contributed by atoms with Crippen LogP contribution in [0, 0.1) is 0 Å². The summed E-state index contributed by atoms with van der Waals surface area (Å²) in [7, 11) is 0. The Balaban J connectivity index is 1.42. The molecule has 0 saturated carbocycles. The summed E-state index contributed by atoms with van der Waals surface area (Å²) < 4.78 is 0. The molecule has 1 saturated heterocycles. The molecule has 0 atom stereocenters. The van der Waals surface area contributed by atoms with Gasteiger partial charge in [-0.3, -0.25) is 4.90 Å². The summed E-state index contributed by atoms with van der Waals surface area (Å²) in [5, 5.41) is 6.45. The molecule has 0 aliphatic carbocycles. The van der Waals surface area contributed by atoms with E-state index in [1.54, 1.807) is 11.3 Å². The number of halogens is 1. The summed E-state index contributed by atoms with van der Waals surface area (Å²) in [5.41, 5.74) is 1.36. The number of hydrogen-bond donors (Lipinski definition) is 0. The van der Waals surface area contributed by atoms with Crippen LogP contribution in [-0.4, -0.2) is 36.1 Å². The van der Waals surface area contributed by atoms with Gasteiger partial charge in [-0.25, -0.2) is 4.98 Å². The van der Waals surface area contributed by atoms with Crippen molar-refractivity contribution in [2.75, 3.05) is 31.1 Å². The highest BCUT2D eigenvalue weighted by Crippen LogP contribution is 2.23. The number of benzene rings is 2. The monoisotopic (exact) mass is 343 g/mol. The Morgan fingerprint density at radius 2 is 1.78 bits per heavy atom. The van der Waals surface area contributed by atoms with Crippen LogP contribution < -0.4 is 4.90 Å². The molecule has 4 rings (SSSR count). The molecule has 23 heavy (non-hydrogen) atoms. The van der Waals surface area contributed by atoms with Gasteiger partial charge in [0, 0.05) is 49.3 Å². The van der Waals surface area contributed by atoms with Gasteiger partial charge in [0.1, 0.15) is 0 Å². The summed E-state index contributed by atoms with van der Waals surface area (Å²) in [5.74, 6) is 0. The molecule has 5 heteroatoms. The Labute approximate surface area is 145 Å². The van der Waals surface area contributed by atoms with Gasteiger partial charge in [0.2, 0.25) is 0 Å². The average molecular weight is 344 g/mol. The van der Waals surface area contributed by atoms with E-state index in [1.165, 1.54) is 16.3 Å². The van der Waals surface area contributed by atoms with Crippen LogP contribution in [0.4, 0.5) is 5.13 Å². The van der Waals surface area contributed by atoms with Gasteiger partial charge in [0.25, 0.3) is 0 Å². The highest BCUT2D eigenvalue weighted by atomic mass is 35.5. The normalized spacial score (nSPS) is 16.1. The van der Waals surface area contributed by atoms with Crippen LogP contribution >= 0.6 is 22.9 Å². The molecule has 118 valence electrons. The number of aromatic nitrogens is 1. The van der Waals surface area contributed by atoms with Crippen molar-refractivity contribution in [3.05, 3.63) is 58.6 Å². The number of piperazine rings is 1. The fraction of sp³-hybridized carbons (Fsp3) is 0.278. The van der Waals surface area contributed by atoms with E-state index >= 15 is 0 Å². The van der Waals surface area contributed by atoms with E-state index < -0.39 is 0 Å². The van der Waals surface area contributed by atoms with Crippen LogP contribution in [0.15, 0.2) is 48.0 Å². The number of rotatable bonds is 3. The smallest absolute Gasteiger partial charge is 0.185 e. The Bertz CT molecular complexity index is 795. The number of thiazole rings is 1. The van der Waals surface area contributed by atoms with Crippen LogP contribution in [0.5, 0.6) is 0 Å². The molecule has 1 fully saturated rings. The molecule has 3 nitrogen and oxygen atoms in total. The molecular weight excluding hydrogens is 326 g/mol. The topological polar surface area (TPSA) is 19.4 Å². The zero-order valence-electron chi connectivity index (χ0n) is 12.8. The molecule has 0 unspecified atom stereocenters. The number of nitrogens with zero attached hydrogens (tertiary/aromatic N) is 3. The lowest BCUT2D eigenvalue weighted by Crippen LogP contribution is -2.45. The second-order valence-electron chi connectivity index (χ2n) is 5.90. The van der Waals surface area contributed by atoms with Crippen molar-refractivity contribution < 1.29 is 0 Å². The summed E-state index contributed by atoms with van der Waals surface area (Å²) in [6.07, 6.45) is 1.88. The van der Waals surface area contributed by atoms with Crippen molar-refractivity contribution in [1.29, 1.82) is 0 Å². The lowest BCUT2D eigenvalue weighted by Gasteiger charge is -2.34. The van der Waals surface area contributed by atoms with Gasteiger partial charge >= 0.3 is 0 Å². The second-order valence-corrected chi connectivity index (χ2v) is 7.21. The molecule has 1 aliphatic rings. The molecule has 2 aromatic carbocycles. The van der Waals surface area contributed by atoms with Gasteiger partial charge in [-0.1, -0.05) is 29.8 Å². The Morgan fingerprint density at radius 1 is 1.00 bits per heavy atom. The van der Waals surface area contributed by atoms with Crippen molar-refractivity contribution in [3.63, 3.8) is 0 Å². The third-order valence-corrected chi connectivity index (χ3v) is 5.40. The third-order valence-electron chi connectivity index (χ3n) is 4.33. The van der Waals surface area contributed by atoms with Gasteiger partial charge in [-0.15, -0.1) is 11.3 Å². The van der Waals surface area contributed by atoms with Crippen LogP contribution in [0.3, 0.4) is 0 Å². The first-order valence-electron chi connectivity index (χ1n) is 7.83. The number of fused-ring (bicyclic) bond motifs is 1. The first kappa shape index (κ1) is 14.9. The molecule has 2 heterocycles. The molecule has 0 radical (unpaired) electrons. The summed E-state index contributed by atoms with van der Waals surface area (Å²) >= 11 is 7.78. The molecule has 0 bridgehead atoms. The molecular formula is C18H18ClN3S. The quantitative estimate of drug-likeness (QED) is 0.708. The minimum atomic E-state index is 0.795. The SMILES string of the molecule is Clc1ccc2cc(CN3CCN(c4nccs4)CC3)ccc2c1. The van der Waals surface area contributed by atoms with E-state index in [0.29, 0.717) is 0 Å². The minimum Gasteiger partial charge on any atom is -0.346 e. The van der Waals surface area contributed by atoms with Crippen molar-refractivity contribution >= 4 is 38.8 Å². The molecule has 0 spiro atoms. The lowest BCUT2D eigenvalue weighted by molar-refractivity contribution is 0.250. The van der Waals surface area contributed by atoms with Gasteiger partial charge in [-0.2, -0.15) is 0 Å². The van der Waals surface area contributed by atoms with Crippen molar-refractivity contribution in [1.82, 2.24) is 9.88 Å². The van der Waals surface area contributed by atoms with E-state index in [-0.39, 0.29) is 0 Å². The number of hydrogen-bond acceptors (Lipinski definition) is 4. The predicted molar refractivity (Wildman–Crippen MR) is 98.6 cm³/mol. The van der Waals surface area contributed by atoms with Crippen molar-refractivity contribution in [2.24, 2.45) is 0 Å². The second kappa shape index (κ2) is 6.48. The molecule has 1 aliphatic heterocycles. The van der Waals surface area contributed by atoms with Gasteiger partial charge in [0.05, 0.1) is 0 Å². The van der Waals surface area contributed by atoms with Crippen LogP contribution in [0.25, 0.3) is 10.8 Å². The Hall–Kier alpha value is -1.62.